The summed E-state index contributed by atoms with van der Waals surface area (Å²) >= 11 is 2.76. The van der Waals surface area contributed by atoms with E-state index in [-0.39, 0.29) is 10.2 Å². The molecule has 0 unspecified atom stereocenters. The third-order valence-corrected chi connectivity index (χ3v) is 2.44. The number of halogens is 7. The number of hydrogen-bond acceptors (Lipinski definition) is 2. The van der Waals surface area contributed by atoms with E-state index in [0.29, 0.717) is 12.1 Å². The number of hydrogen-bond donors (Lipinski definition) is 1. The Kier molecular flexibility index (Phi) is 3.51. The zero-order valence-electron chi connectivity index (χ0n) is 7.90. The first-order valence-corrected chi connectivity index (χ1v) is 4.81. The van der Waals surface area contributed by atoms with Gasteiger partial charge in [0.15, 0.2) is 0 Å². The third kappa shape index (κ3) is 3.18. The standard InChI is InChI=1S/C8H5BrF6N2/c9-5-3-4(1-2-6(5)16)17(7(10,11)12)8(13,14)15/h1-3H,16H2. The second-order valence-electron chi connectivity index (χ2n) is 2.98. The van der Waals surface area contributed by atoms with Crippen LogP contribution in [0, 0.1) is 0 Å². The molecule has 0 aromatic heterocycles. The van der Waals surface area contributed by atoms with Gasteiger partial charge in [-0.3, -0.25) is 0 Å². The Morgan fingerprint density at radius 3 is 1.82 bits per heavy atom. The van der Waals surface area contributed by atoms with Gasteiger partial charge in [-0.05, 0) is 34.1 Å². The summed E-state index contributed by atoms with van der Waals surface area (Å²) in [5.41, 5.74) is 4.26. The maximum atomic E-state index is 12.3. The molecular weight excluding hydrogens is 318 g/mol. The van der Waals surface area contributed by atoms with Crippen LogP contribution in [0.15, 0.2) is 22.7 Å². The number of anilines is 2. The smallest absolute Gasteiger partial charge is 0.398 e. The minimum atomic E-state index is -5.56. The number of nitrogens with zero attached hydrogens (tertiary/aromatic N) is 1. The minimum Gasteiger partial charge on any atom is -0.398 e. The molecule has 0 aliphatic heterocycles. The van der Waals surface area contributed by atoms with Gasteiger partial charge >= 0.3 is 12.6 Å². The first kappa shape index (κ1) is 13.9. The van der Waals surface area contributed by atoms with Gasteiger partial charge in [-0.2, -0.15) is 4.90 Å². The molecule has 1 aromatic rings. The molecule has 17 heavy (non-hydrogen) atoms. The summed E-state index contributed by atoms with van der Waals surface area (Å²) in [6, 6.07) is 2.24. The molecule has 96 valence electrons. The molecule has 2 nitrogen and oxygen atoms in total. The van der Waals surface area contributed by atoms with Crippen molar-refractivity contribution in [3.8, 4) is 0 Å². The van der Waals surface area contributed by atoms with Gasteiger partial charge in [0.25, 0.3) is 0 Å². The molecule has 0 aliphatic rings. The van der Waals surface area contributed by atoms with Crippen LogP contribution in [0.25, 0.3) is 0 Å². The summed E-state index contributed by atoms with van der Waals surface area (Å²) in [5.74, 6) is 0. The highest BCUT2D eigenvalue weighted by Gasteiger charge is 2.53. The monoisotopic (exact) mass is 322 g/mol. The lowest BCUT2D eigenvalue weighted by atomic mass is 10.2. The summed E-state index contributed by atoms with van der Waals surface area (Å²) in [5, 5.41) is 0. The molecule has 0 bridgehead atoms. The van der Waals surface area contributed by atoms with Gasteiger partial charge in [0.1, 0.15) is 0 Å². The van der Waals surface area contributed by atoms with Crippen molar-refractivity contribution < 1.29 is 26.3 Å². The Morgan fingerprint density at radius 2 is 1.47 bits per heavy atom. The third-order valence-electron chi connectivity index (χ3n) is 1.75. The molecule has 1 rings (SSSR count). The molecule has 0 aliphatic carbocycles. The van der Waals surface area contributed by atoms with E-state index in [1.165, 1.54) is 0 Å². The fourth-order valence-corrected chi connectivity index (χ4v) is 1.46. The summed E-state index contributed by atoms with van der Waals surface area (Å²) < 4.78 is 73.7. The zero-order valence-corrected chi connectivity index (χ0v) is 9.49. The van der Waals surface area contributed by atoms with Gasteiger partial charge in [-0.1, -0.05) is 0 Å². The van der Waals surface area contributed by atoms with Crippen molar-refractivity contribution in [1.29, 1.82) is 0 Å². The van der Waals surface area contributed by atoms with Crippen molar-refractivity contribution >= 4 is 27.3 Å². The molecule has 0 atom stereocenters. The van der Waals surface area contributed by atoms with E-state index in [1.807, 2.05) is 0 Å². The van der Waals surface area contributed by atoms with Gasteiger partial charge in [-0.15, -0.1) is 26.3 Å². The van der Waals surface area contributed by atoms with Crippen LogP contribution in [0.2, 0.25) is 0 Å². The Bertz CT molecular complexity index is 399. The summed E-state index contributed by atoms with van der Waals surface area (Å²) in [6.07, 6.45) is -11.1. The normalized spacial score (nSPS) is 12.6. The SMILES string of the molecule is Nc1ccc(N(C(F)(F)F)C(F)(F)F)cc1Br. The lowest BCUT2D eigenvalue weighted by molar-refractivity contribution is -0.226. The molecule has 0 amide bonds. The number of alkyl halides is 6. The highest BCUT2D eigenvalue weighted by atomic mass is 79.9. The van der Waals surface area contributed by atoms with Crippen LogP contribution in [-0.2, 0) is 0 Å². The van der Waals surface area contributed by atoms with Crippen LogP contribution in [-0.4, -0.2) is 12.6 Å². The van der Waals surface area contributed by atoms with E-state index in [1.54, 1.807) is 0 Å². The maximum absolute atomic E-state index is 12.3. The van der Waals surface area contributed by atoms with Gasteiger partial charge in [0.2, 0.25) is 0 Å². The second kappa shape index (κ2) is 4.28. The van der Waals surface area contributed by atoms with Crippen molar-refractivity contribution in [1.82, 2.24) is 0 Å². The molecule has 0 fully saturated rings. The summed E-state index contributed by atoms with van der Waals surface area (Å²) in [4.78, 5) is -1.59. The van der Waals surface area contributed by atoms with E-state index in [0.717, 1.165) is 6.07 Å². The predicted molar refractivity (Wildman–Crippen MR) is 53.1 cm³/mol. The predicted octanol–water partition coefficient (Wildman–Crippen LogP) is 3.88. The van der Waals surface area contributed by atoms with Gasteiger partial charge in [0, 0.05) is 10.2 Å². The van der Waals surface area contributed by atoms with E-state index in [4.69, 9.17) is 5.73 Å². The van der Waals surface area contributed by atoms with Crippen molar-refractivity contribution in [2.45, 2.75) is 12.6 Å². The first-order chi connectivity index (χ1) is 7.53. The summed E-state index contributed by atoms with van der Waals surface area (Å²) in [7, 11) is 0. The molecule has 1 aromatic carbocycles. The van der Waals surface area contributed by atoms with E-state index in [2.05, 4.69) is 15.9 Å². The Labute approximate surface area is 100 Å². The Morgan fingerprint density at radius 1 is 1.00 bits per heavy atom. The molecule has 0 saturated heterocycles. The molecule has 0 saturated carbocycles. The van der Waals surface area contributed by atoms with Crippen molar-refractivity contribution in [2.75, 3.05) is 10.6 Å². The average molecular weight is 323 g/mol. The molecule has 9 heteroatoms. The Hall–Kier alpha value is -1.12. The van der Waals surface area contributed by atoms with Gasteiger partial charge < -0.3 is 5.73 Å². The number of nitrogen functional groups attached to an aromatic ring is 1. The highest BCUT2D eigenvalue weighted by Crippen LogP contribution is 2.39. The van der Waals surface area contributed by atoms with Crippen molar-refractivity contribution in [3.63, 3.8) is 0 Å². The van der Waals surface area contributed by atoms with Crippen LogP contribution in [0.5, 0.6) is 0 Å². The molecule has 0 spiro atoms. The van der Waals surface area contributed by atoms with Crippen LogP contribution >= 0.6 is 15.9 Å². The van der Waals surface area contributed by atoms with E-state index in [9.17, 15) is 26.3 Å². The topological polar surface area (TPSA) is 29.3 Å². The number of rotatable bonds is 1. The first-order valence-electron chi connectivity index (χ1n) is 4.02. The molecule has 0 heterocycles. The second-order valence-corrected chi connectivity index (χ2v) is 3.83. The van der Waals surface area contributed by atoms with Crippen molar-refractivity contribution in [2.24, 2.45) is 0 Å². The largest absolute Gasteiger partial charge is 0.491 e. The fourth-order valence-electron chi connectivity index (χ4n) is 1.09. The van der Waals surface area contributed by atoms with E-state index >= 15 is 0 Å². The van der Waals surface area contributed by atoms with Gasteiger partial charge in [-0.25, -0.2) is 0 Å². The molecular formula is C8H5BrF6N2. The average Bonchev–Trinajstić information content (AvgIpc) is 2.06. The van der Waals surface area contributed by atoms with Crippen LogP contribution < -0.4 is 10.6 Å². The fraction of sp³-hybridized carbons (Fsp3) is 0.250. The number of nitrogens with two attached hydrogens (primary N) is 1. The zero-order chi connectivity index (χ0) is 13.4. The van der Waals surface area contributed by atoms with Crippen LogP contribution in [0.4, 0.5) is 37.7 Å². The lowest BCUT2D eigenvalue weighted by Gasteiger charge is -2.28. The van der Waals surface area contributed by atoms with Crippen LogP contribution in [0.3, 0.4) is 0 Å². The minimum absolute atomic E-state index is 0.0399. The van der Waals surface area contributed by atoms with Crippen molar-refractivity contribution in [3.05, 3.63) is 22.7 Å². The van der Waals surface area contributed by atoms with E-state index < -0.39 is 23.2 Å². The van der Waals surface area contributed by atoms with Crippen LogP contribution in [0.1, 0.15) is 0 Å². The Balaban J connectivity index is 3.29. The molecule has 2 N–H and O–H groups in total. The molecule has 0 radical (unpaired) electrons. The summed E-state index contributed by atoms with van der Waals surface area (Å²) in [6.45, 7) is 0. The highest BCUT2D eigenvalue weighted by molar-refractivity contribution is 9.10. The van der Waals surface area contributed by atoms with Gasteiger partial charge in [0.05, 0.1) is 5.69 Å². The number of benzene rings is 1. The quantitative estimate of drug-likeness (QED) is 0.483. The lowest BCUT2D eigenvalue weighted by Crippen LogP contribution is -2.48. The maximum Gasteiger partial charge on any atom is 0.491 e.